The molecule has 0 bridgehead atoms. The van der Waals surface area contributed by atoms with Crippen LogP contribution in [-0.2, 0) is 4.79 Å². The van der Waals surface area contributed by atoms with Crippen LogP contribution in [0.2, 0.25) is 5.02 Å². The lowest BCUT2D eigenvalue weighted by molar-refractivity contribution is -0.119. The van der Waals surface area contributed by atoms with E-state index >= 15 is 0 Å². The third kappa shape index (κ3) is 3.89. The average Bonchev–Trinajstić information content (AvgIpc) is 3.26. The Morgan fingerprint density at radius 3 is 2.76 bits per heavy atom. The minimum atomic E-state index is -0.320. The van der Waals surface area contributed by atoms with Crippen molar-refractivity contribution in [3.05, 3.63) is 28.8 Å². The minimum Gasteiger partial charge on any atom is -0.368 e. The maximum atomic E-state index is 11.8. The number of primary amides is 1. The molecule has 1 saturated carbocycles. The lowest BCUT2D eigenvalue weighted by Gasteiger charge is -2.32. The third-order valence-electron chi connectivity index (χ3n) is 3.82. The van der Waals surface area contributed by atoms with Crippen molar-refractivity contribution in [1.29, 1.82) is 5.26 Å². The molecule has 21 heavy (non-hydrogen) atoms. The minimum absolute atomic E-state index is 0.307. The van der Waals surface area contributed by atoms with Gasteiger partial charge in [-0.1, -0.05) is 24.9 Å². The highest BCUT2D eigenvalue weighted by atomic mass is 35.5. The van der Waals surface area contributed by atoms with Gasteiger partial charge in [-0.25, -0.2) is 0 Å². The van der Waals surface area contributed by atoms with Crippen molar-refractivity contribution >= 4 is 23.2 Å². The van der Waals surface area contributed by atoms with E-state index in [2.05, 4.69) is 4.90 Å². The van der Waals surface area contributed by atoms with Gasteiger partial charge in [0, 0.05) is 12.2 Å². The first-order valence-corrected chi connectivity index (χ1v) is 7.70. The molecule has 5 heteroatoms. The van der Waals surface area contributed by atoms with E-state index < -0.39 is 0 Å². The van der Waals surface area contributed by atoms with E-state index in [9.17, 15) is 4.79 Å². The lowest BCUT2D eigenvalue weighted by Crippen LogP contribution is -2.46. The highest BCUT2D eigenvalue weighted by Gasteiger charge is 2.30. The molecular formula is C16H20ClN3O. The molecule has 1 amide bonds. The Labute approximate surface area is 130 Å². The van der Waals surface area contributed by atoms with E-state index in [4.69, 9.17) is 22.6 Å². The molecule has 2 rings (SSSR count). The van der Waals surface area contributed by atoms with Crippen LogP contribution in [0.5, 0.6) is 0 Å². The predicted molar refractivity (Wildman–Crippen MR) is 84.1 cm³/mol. The zero-order chi connectivity index (χ0) is 15.4. The summed E-state index contributed by atoms with van der Waals surface area (Å²) < 4.78 is 0. The van der Waals surface area contributed by atoms with Crippen LogP contribution in [0.25, 0.3) is 0 Å². The number of hydrogen-bond acceptors (Lipinski definition) is 3. The van der Waals surface area contributed by atoms with Crippen molar-refractivity contribution in [1.82, 2.24) is 0 Å². The van der Waals surface area contributed by atoms with Gasteiger partial charge in [-0.3, -0.25) is 4.79 Å². The largest absolute Gasteiger partial charge is 0.368 e. The fourth-order valence-corrected chi connectivity index (χ4v) is 2.71. The lowest BCUT2D eigenvalue weighted by atomic mass is 10.1. The van der Waals surface area contributed by atoms with E-state index in [1.807, 2.05) is 19.1 Å². The molecule has 1 atom stereocenters. The van der Waals surface area contributed by atoms with Crippen LogP contribution in [-0.4, -0.2) is 18.5 Å². The fraction of sp³-hybridized carbons (Fsp3) is 0.500. The highest BCUT2D eigenvalue weighted by molar-refractivity contribution is 6.32. The Morgan fingerprint density at radius 2 is 2.29 bits per heavy atom. The van der Waals surface area contributed by atoms with Crippen LogP contribution < -0.4 is 10.6 Å². The fourth-order valence-electron chi connectivity index (χ4n) is 2.49. The van der Waals surface area contributed by atoms with Gasteiger partial charge in [0.2, 0.25) is 5.91 Å². The second-order valence-electron chi connectivity index (χ2n) is 5.58. The summed E-state index contributed by atoms with van der Waals surface area (Å²) in [5.41, 5.74) is 6.89. The van der Waals surface area contributed by atoms with E-state index in [0.717, 1.165) is 25.1 Å². The molecule has 1 aromatic rings. The van der Waals surface area contributed by atoms with Gasteiger partial charge in [-0.05, 0) is 43.4 Å². The van der Waals surface area contributed by atoms with Crippen molar-refractivity contribution in [2.75, 3.05) is 11.4 Å². The average molecular weight is 306 g/mol. The van der Waals surface area contributed by atoms with Crippen LogP contribution in [0.4, 0.5) is 5.69 Å². The number of nitrogens with two attached hydrogens (primary N) is 1. The van der Waals surface area contributed by atoms with Crippen molar-refractivity contribution < 1.29 is 4.79 Å². The molecule has 1 aromatic carbocycles. The number of carbonyl (C=O) groups excluding carboxylic acids is 1. The topological polar surface area (TPSA) is 70.1 Å². The molecule has 1 unspecified atom stereocenters. The van der Waals surface area contributed by atoms with Crippen LogP contribution >= 0.6 is 11.6 Å². The number of amides is 1. The van der Waals surface area contributed by atoms with Crippen LogP contribution in [0.15, 0.2) is 18.2 Å². The van der Waals surface area contributed by atoms with Gasteiger partial charge < -0.3 is 10.6 Å². The molecule has 1 fully saturated rings. The summed E-state index contributed by atoms with van der Waals surface area (Å²) >= 11 is 6.12. The summed E-state index contributed by atoms with van der Waals surface area (Å²) in [5, 5.41) is 9.38. The number of halogens is 1. The first-order valence-electron chi connectivity index (χ1n) is 7.32. The summed E-state index contributed by atoms with van der Waals surface area (Å²) in [4.78, 5) is 13.9. The highest BCUT2D eigenvalue weighted by Crippen LogP contribution is 2.34. The van der Waals surface area contributed by atoms with Crippen LogP contribution in [0.1, 0.15) is 38.2 Å². The van der Waals surface area contributed by atoms with E-state index in [-0.39, 0.29) is 11.9 Å². The van der Waals surface area contributed by atoms with Gasteiger partial charge in [0.05, 0.1) is 10.6 Å². The molecule has 0 aromatic heterocycles. The van der Waals surface area contributed by atoms with Gasteiger partial charge in [-0.15, -0.1) is 0 Å². The Balaban J connectivity index is 2.31. The van der Waals surface area contributed by atoms with Crippen molar-refractivity contribution in [3.63, 3.8) is 0 Å². The van der Waals surface area contributed by atoms with E-state index in [0.29, 0.717) is 16.5 Å². The number of carbonyl (C=O) groups is 1. The Bertz CT molecular complexity index is 563. The molecule has 112 valence electrons. The maximum Gasteiger partial charge on any atom is 0.240 e. The Kier molecular flexibility index (Phi) is 5.08. The number of hydrogen-bond donors (Lipinski definition) is 1. The first kappa shape index (κ1) is 15.7. The van der Waals surface area contributed by atoms with E-state index in [1.54, 1.807) is 12.1 Å². The summed E-state index contributed by atoms with van der Waals surface area (Å²) in [6, 6.07) is 7.03. The predicted octanol–water partition coefficient (Wildman–Crippen LogP) is 3.08. The van der Waals surface area contributed by atoms with Crippen molar-refractivity contribution in [3.8, 4) is 6.07 Å². The monoisotopic (exact) mass is 305 g/mol. The molecule has 0 saturated heterocycles. The van der Waals surface area contributed by atoms with Gasteiger partial charge >= 0.3 is 0 Å². The van der Waals surface area contributed by atoms with Crippen LogP contribution in [0.3, 0.4) is 0 Å². The summed E-state index contributed by atoms with van der Waals surface area (Å²) in [6.07, 6.45) is 3.99. The zero-order valence-corrected chi connectivity index (χ0v) is 12.9. The number of anilines is 1. The Hall–Kier alpha value is -1.73. The van der Waals surface area contributed by atoms with Crippen LogP contribution in [0, 0.1) is 17.2 Å². The SMILES string of the molecule is CCCC(C(N)=O)N(CC1CC1)c1ccc(C#N)c(Cl)c1. The first-order chi connectivity index (χ1) is 10.1. The van der Waals surface area contributed by atoms with Gasteiger partial charge in [0.25, 0.3) is 0 Å². The summed E-state index contributed by atoms with van der Waals surface area (Å²) in [5.74, 6) is 0.316. The molecular weight excluding hydrogens is 286 g/mol. The molecule has 1 aliphatic carbocycles. The molecule has 0 spiro atoms. The second-order valence-corrected chi connectivity index (χ2v) is 5.99. The number of nitriles is 1. The molecule has 4 nitrogen and oxygen atoms in total. The smallest absolute Gasteiger partial charge is 0.240 e. The normalized spacial score (nSPS) is 15.3. The molecule has 2 N–H and O–H groups in total. The molecule has 1 aliphatic rings. The number of rotatable bonds is 7. The van der Waals surface area contributed by atoms with E-state index in [1.165, 1.54) is 12.8 Å². The molecule has 0 radical (unpaired) electrons. The third-order valence-corrected chi connectivity index (χ3v) is 4.14. The molecule has 0 aliphatic heterocycles. The van der Waals surface area contributed by atoms with Gasteiger partial charge in [0.15, 0.2) is 0 Å². The second kappa shape index (κ2) is 6.82. The summed E-state index contributed by atoms with van der Waals surface area (Å²) in [7, 11) is 0. The molecule has 0 heterocycles. The summed E-state index contributed by atoms with van der Waals surface area (Å²) in [6.45, 7) is 2.85. The number of benzene rings is 1. The Morgan fingerprint density at radius 1 is 1.57 bits per heavy atom. The quantitative estimate of drug-likeness (QED) is 0.841. The van der Waals surface area contributed by atoms with Gasteiger partial charge in [-0.2, -0.15) is 5.26 Å². The van der Waals surface area contributed by atoms with Crippen molar-refractivity contribution in [2.45, 2.75) is 38.6 Å². The van der Waals surface area contributed by atoms with Crippen molar-refractivity contribution in [2.24, 2.45) is 11.7 Å². The number of nitrogens with zero attached hydrogens (tertiary/aromatic N) is 2. The zero-order valence-electron chi connectivity index (χ0n) is 12.2. The van der Waals surface area contributed by atoms with Gasteiger partial charge in [0.1, 0.15) is 12.1 Å². The maximum absolute atomic E-state index is 11.8. The standard InChI is InChI=1S/C16H20ClN3O/c1-2-3-15(16(19)21)20(10-11-4-5-11)13-7-6-12(9-18)14(17)8-13/h6-8,11,15H,2-5,10H2,1H3,(H2,19,21).